The summed E-state index contributed by atoms with van der Waals surface area (Å²) in [5, 5.41) is 3.47. The van der Waals surface area contributed by atoms with Gasteiger partial charge in [0.15, 0.2) is 0 Å². The van der Waals surface area contributed by atoms with Gasteiger partial charge in [-0.1, -0.05) is 29.3 Å². The Morgan fingerprint density at radius 3 is 2.26 bits per heavy atom. The maximum atomic E-state index is 12.3. The number of carbonyl (C=O) groups excluding carboxylic acids is 1. The van der Waals surface area contributed by atoms with E-state index < -0.39 is 0 Å². The molecule has 1 aromatic heterocycles. The van der Waals surface area contributed by atoms with Crippen molar-refractivity contribution in [1.29, 1.82) is 0 Å². The van der Waals surface area contributed by atoms with E-state index in [9.17, 15) is 4.79 Å². The lowest BCUT2D eigenvalue weighted by molar-refractivity contribution is 0.102. The van der Waals surface area contributed by atoms with Gasteiger partial charge in [0.1, 0.15) is 0 Å². The van der Waals surface area contributed by atoms with E-state index in [1.165, 1.54) is 18.8 Å². The second-order valence-corrected chi connectivity index (χ2v) is 6.18. The molecule has 7 heteroatoms. The minimum atomic E-state index is -0.342. The minimum Gasteiger partial charge on any atom is -0.341 e. The Morgan fingerprint density at radius 1 is 1.04 bits per heavy atom. The predicted molar refractivity (Wildman–Crippen MR) is 92.5 cm³/mol. The lowest BCUT2D eigenvalue weighted by Gasteiger charge is -2.26. The maximum absolute atomic E-state index is 12.3. The summed E-state index contributed by atoms with van der Waals surface area (Å²) in [5.41, 5.74) is 0.752. The van der Waals surface area contributed by atoms with Crippen molar-refractivity contribution in [3.05, 3.63) is 46.2 Å². The fourth-order valence-electron chi connectivity index (χ4n) is 2.50. The molecule has 0 radical (unpaired) electrons. The number of rotatable bonds is 3. The molecule has 2 heterocycles. The highest BCUT2D eigenvalue weighted by molar-refractivity contribution is 6.40. The number of para-hydroxylation sites is 1. The molecule has 23 heavy (non-hydrogen) atoms. The third kappa shape index (κ3) is 3.74. The number of nitrogens with zero attached hydrogens (tertiary/aromatic N) is 3. The molecule has 120 valence electrons. The SMILES string of the molecule is O=C(Nc1c(Cl)cccc1Cl)c1cnc(N2CCCCC2)nc1. The Kier molecular flexibility index (Phi) is 4.98. The van der Waals surface area contributed by atoms with Crippen molar-refractivity contribution in [3.63, 3.8) is 0 Å². The number of hydrogen-bond donors (Lipinski definition) is 1. The Labute approximate surface area is 144 Å². The molecule has 0 spiro atoms. The first-order valence-corrected chi connectivity index (χ1v) is 8.23. The zero-order valence-electron chi connectivity index (χ0n) is 12.4. The standard InChI is InChI=1S/C16H16Cl2N4O/c17-12-5-4-6-13(18)14(12)21-15(23)11-9-19-16(20-10-11)22-7-2-1-3-8-22/h4-6,9-10H,1-3,7-8H2,(H,21,23). The first kappa shape index (κ1) is 16.0. The third-order valence-electron chi connectivity index (χ3n) is 3.74. The van der Waals surface area contributed by atoms with E-state index in [-0.39, 0.29) is 5.91 Å². The van der Waals surface area contributed by atoms with E-state index in [1.54, 1.807) is 18.2 Å². The molecule has 1 amide bonds. The Balaban J connectivity index is 1.72. The van der Waals surface area contributed by atoms with Crippen molar-refractivity contribution >= 4 is 40.7 Å². The molecule has 1 aromatic carbocycles. The van der Waals surface area contributed by atoms with Gasteiger partial charge in [-0.15, -0.1) is 0 Å². The quantitative estimate of drug-likeness (QED) is 0.907. The van der Waals surface area contributed by atoms with Crippen molar-refractivity contribution in [2.45, 2.75) is 19.3 Å². The van der Waals surface area contributed by atoms with Gasteiger partial charge in [-0.25, -0.2) is 9.97 Å². The molecule has 0 aliphatic carbocycles. The molecule has 1 aliphatic rings. The molecule has 0 saturated carbocycles. The fraction of sp³-hybridized carbons (Fsp3) is 0.312. The highest BCUT2D eigenvalue weighted by atomic mass is 35.5. The summed E-state index contributed by atoms with van der Waals surface area (Å²) in [7, 11) is 0. The van der Waals surface area contributed by atoms with Crippen LogP contribution in [0.1, 0.15) is 29.6 Å². The second-order valence-electron chi connectivity index (χ2n) is 5.37. The van der Waals surface area contributed by atoms with Crippen LogP contribution in [0.4, 0.5) is 11.6 Å². The van der Waals surface area contributed by atoms with Gasteiger partial charge in [0.2, 0.25) is 5.95 Å². The molecule has 1 fully saturated rings. The number of benzene rings is 1. The van der Waals surface area contributed by atoms with Gasteiger partial charge >= 0.3 is 0 Å². The third-order valence-corrected chi connectivity index (χ3v) is 4.37. The summed E-state index contributed by atoms with van der Waals surface area (Å²) < 4.78 is 0. The van der Waals surface area contributed by atoms with Crippen molar-refractivity contribution in [1.82, 2.24) is 9.97 Å². The molecular formula is C16H16Cl2N4O. The van der Waals surface area contributed by atoms with Crippen LogP contribution in [0.15, 0.2) is 30.6 Å². The number of anilines is 2. The highest BCUT2D eigenvalue weighted by Gasteiger charge is 2.15. The number of aromatic nitrogens is 2. The summed E-state index contributed by atoms with van der Waals surface area (Å²) in [6.45, 7) is 1.92. The number of piperidine rings is 1. The molecule has 1 N–H and O–H groups in total. The van der Waals surface area contributed by atoms with Crippen molar-refractivity contribution < 1.29 is 4.79 Å². The van der Waals surface area contributed by atoms with Crippen LogP contribution in [0, 0.1) is 0 Å². The lowest BCUT2D eigenvalue weighted by atomic mass is 10.1. The normalized spacial score (nSPS) is 14.6. The van der Waals surface area contributed by atoms with E-state index in [0.29, 0.717) is 27.2 Å². The summed E-state index contributed by atoms with van der Waals surface area (Å²) in [6, 6.07) is 5.05. The van der Waals surface area contributed by atoms with Gasteiger partial charge in [-0.05, 0) is 31.4 Å². The Morgan fingerprint density at radius 2 is 1.65 bits per heavy atom. The highest BCUT2D eigenvalue weighted by Crippen LogP contribution is 2.30. The van der Waals surface area contributed by atoms with Crippen LogP contribution in [-0.2, 0) is 0 Å². The predicted octanol–water partition coefficient (Wildman–Crippen LogP) is 4.03. The van der Waals surface area contributed by atoms with Gasteiger partial charge in [0.05, 0.1) is 21.3 Å². The maximum Gasteiger partial charge on any atom is 0.258 e. The first-order chi connectivity index (χ1) is 11.1. The zero-order chi connectivity index (χ0) is 16.2. The topological polar surface area (TPSA) is 58.1 Å². The van der Waals surface area contributed by atoms with Crippen molar-refractivity contribution in [2.75, 3.05) is 23.3 Å². The number of hydrogen-bond acceptors (Lipinski definition) is 4. The van der Waals surface area contributed by atoms with Crippen LogP contribution in [0.5, 0.6) is 0 Å². The average molecular weight is 351 g/mol. The van der Waals surface area contributed by atoms with Gasteiger partial charge < -0.3 is 10.2 Å². The number of halogens is 2. The monoisotopic (exact) mass is 350 g/mol. The molecule has 5 nitrogen and oxygen atoms in total. The Bertz CT molecular complexity index is 679. The zero-order valence-corrected chi connectivity index (χ0v) is 13.9. The van der Waals surface area contributed by atoms with Crippen molar-refractivity contribution in [3.8, 4) is 0 Å². The van der Waals surface area contributed by atoms with Gasteiger partial charge in [0, 0.05) is 25.5 Å². The molecule has 0 atom stereocenters. The van der Waals surface area contributed by atoms with E-state index in [0.717, 1.165) is 25.9 Å². The van der Waals surface area contributed by atoms with Gasteiger partial charge in [-0.2, -0.15) is 0 Å². The largest absolute Gasteiger partial charge is 0.341 e. The fourth-order valence-corrected chi connectivity index (χ4v) is 2.99. The molecule has 3 rings (SSSR count). The molecule has 1 saturated heterocycles. The van der Waals surface area contributed by atoms with Crippen LogP contribution in [-0.4, -0.2) is 29.0 Å². The van der Waals surface area contributed by atoms with Gasteiger partial charge in [0.25, 0.3) is 5.91 Å². The van der Waals surface area contributed by atoms with Crippen LogP contribution in [0.25, 0.3) is 0 Å². The Hall–Kier alpha value is -1.85. The number of carbonyl (C=O) groups is 1. The summed E-state index contributed by atoms with van der Waals surface area (Å²) in [5.74, 6) is 0.322. The van der Waals surface area contributed by atoms with Gasteiger partial charge in [-0.3, -0.25) is 4.79 Å². The molecule has 2 aromatic rings. The first-order valence-electron chi connectivity index (χ1n) is 7.47. The average Bonchev–Trinajstić information content (AvgIpc) is 2.59. The smallest absolute Gasteiger partial charge is 0.258 e. The van der Waals surface area contributed by atoms with E-state index in [4.69, 9.17) is 23.2 Å². The molecule has 0 bridgehead atoms. The van der Waals surface area contributed by atoms with E-state index in [2.05, 4.69) is 20.2 Å². The number of amides is 1. The summed E-state index contributed by atoms with van der Waals surface area (Å²) >= 11 is 12.1. The van der Waals surface area contributed by atoms with E-state index >= 15 is 0 Å². The van der Waals surface area contributed by atoms with Crippen LogP contribution in [0.2, 0.25) is 10.0 Å². The minimum absolute atomic E-state index is 0.342. The van der Waals surface area contributed by atoms with Crippen LogP contribution < -0.4 is 10.2 Å². The molecule has 1 aliphatic heterocycles. The van der Waals surface area contributed by atoms with Crippen LogP contribution in [0.3, 0.4) is 0 Å². The van der Waals surface area contributed by atoms with Crippen molar-refractivity contribution in [2.24, 2.45) is 0 Å². The summed E-state index contributed by atoms with van der Waals surface area (Å²) in [6.07, 6.45) is 6.59. The number of nitrogens with one attached hydrogen (secondary N) is 1. The van der Waals surface area contributed by atoms with E-state index in [1.807, 2.05) is 0 Å². The lowest BCUT2D eigenvalue weighted by Crippen LogP contribution is -2.31. The second kappa shape index (κ2) is 7.15. The van der Waals surface area contributed by atoms with Crippen LogP contribution >= 0.6 is 23.2 Å². The summed E-state index contributed by atoms with van der Waals surface area (Å²) in [4.78, 5) is 23.0. The molecule has 0 unspecified atom stereocenters. The molecular weight excluding hydrogens is 335 g/mol.